The van der Waals surface area contributed by atoms with Gasteiger partial charge < -0.3 is 15.6 Å². The molecule has 1 fully saturated rings. The quantitative estimate of drug-likeness (QED) is 0.690. The average molecular weight is 389 g/mol. The Morgan fingerprint density at radius 3 is 2.79 bits per heavy atom. The highest BCUT2D eigenvalue weighted by Crippen LogP contribution is 2.36. The van der Waals surface area contributed by atoms with E-state index in [4.69, 9.17) is 10.4 Å². The molecule has 0 spiro atoms. The van der Waals surface area contributed by atoms with E-state index < -0.39 is 0 Å². The van der Waals surface area contributed by atoms with E-state index in [0.717, 1.165) is 65.1 Å². The number of pyridine rings is 1. The molecule has 5 nitrogen and oxygen atoms in total. The third kappa shape index (κ3) is 3.95. The topological polar surface area (TPSA) is 69.1 Å². The third-order valence-corrected chi connectivity index (χ3v) is 5.49. The normalized spacial score (nSPS) is 16.3. The number of hydrogen-bond acceptors (Lipinski definition) is 4. The molecule has 1 saturated carbocycles. The molecule has 29 heavy (non-hydrogen) atoms. The number of benzene rings is 1. The van der Waals surface area contributed by atoms with Crippen LogP contribution in [0.3, 0.4) is 0 Å². The summed E-state index contributed by atoms with van der Waals surface area (Å²) in [6, 6.07) is 10.5. The number of nitrogens with one attached hydrogen (secondary N) is 2. The van der Waals surface area contributed by atoms with Crippen molar-refractivity contribution in [1.29, 1.82) is 5.41 Å². The van der Waals surface area contributed by atoms with Crippen molar-refractivity contribution in [1.82, 2.24) is 15.2 Å². The number of nitrogens with zero attached hydrogens (tertiary/aromatic N) is 2. The van der Waals surface area contributed by atoms with Crippen molar-refractivity contribution in [2.45, 2.75) is 46.2 Å². The second kappa shape index (κ2) is 7.82. The highest BCUT2D eigenvalue weighted by atomic mass is 16.2. The zero-order valence-electron chi connectivity index (χ0n) is 17.3. The molecule has 1 aliphatic carbocycles. The molecule has 2 aliphatic rings. The van der Waals surface area contributed by atoms with Gasteiger partial charge in [-0.05, 0) is 43.4 Å². The second-order valence-electron chi connectivity index (χ2n) is 8.43. The zero-order chi connectivity index (χ0) is 20.5. The molecule has 0 atom stereocenters. The molecule has 0 saturated heterocycles. The first kappa shape index (κ1) is 19.4. The van der Waals surface area contributed by atoms with E-state index in [-0.39, 0.29) is 5.91 Å². The van der Waals surface area contributed by atoms with Gasteiger partial charge in [0.25, 0.3) is 5.91 Å². The van der Waals surface area contributed by atoms with Crippen molar-refractivity contribution in [2.24, 2.45) is 5.92 Å². The third-order valence-electron chi connectivity index (χ3n) is 5.49. The van der Waals surface area contributed by atoms with Gasteiger partial charge in [0.2, 0.25) is 0 Å². The Morgan fingerprint density at radius 1 is 1.31 bits per heavy atom. The first-order valence-corrected chi connectivity index (χ1v) is 10.3. The summed E-state index contributed by atoms with van der Waals surface area (Å²) >= 11 is 0. The van der Waals surface area contributed by atoms with Crippen LogP contribution in [-0.2, 0) is 6.54 Å². The minimum absolute atomic E-state index is 0.139. The maximum atomic E-state index is 12.9. The van der Waals surface area contributed by atoms with Gasteiger partial charge in [-0.2, -0.15) is 0 Å². The van der Waals surface area contributed by atoms with Gasteiger partial charge in [0.15, 0.2) is 0 Å². The lowest BCUT2D eigenvalue weighted by molar-refractivity contribution is 0.0766. The number of allylic oxidation sites excluding steroid dienone is 1. The Labute approximate surface area is 172 Å². The van der Waals surface area contributed by atoms with Crippen molar-refractivity contribution in [3.8, 4) is 11.3 Å². The summed E-state index contributed by atoms with van der Waals surface area (Å²) in [7, 11) is 0. The minimum Gasteiger partial charge on any atom is -0.390 e. The fourth-order valence-corrected chi connectivity index (χ4v) is 3.76. The van der Waals surface area contributed by atoms with Crippen molar-refractivity contribution < 1.29 is 4.79 Å². The largest absolute Gasteiger partial charge is 0.390 e. The van der Waals surface area contributed by atoms with E-state index in [1.165, 1.54) is 6.21 Å². The standard InChI is InChI=1S/C24H28N4O/c1-15(2)12-26-13-19(11-25)21-9-4-16(3)27-23(21)17-5-6-18-14-28(20-7-8-20)24(29)22(18)10-17/h4-6,9-11,13,15,20,25-26H,7-8,12,14H2,1-3H3/b19-13+,25-11?. The van der Waals surface area contributed by atoms with Gasteiger partial charge in [-0.25, -0.2) is 0 Å². The van der Waals surface area contributed by atoms with Gasteiger partial charge in [-0.3, -0.25) is 9.78 Å². The molecule has 1 aliphatic heterocycles. The maximum Gasteiger partial charge on any atom is 0.254 e. The van der Waals surface area contributed by atoms with Crippen LogP contribution in [0.2, 0.25) is 0 Å². The van der Waals surface area contributed by atoms with Crippen LogP contribution in [-0.4, -0.2) is 34.6 Å². The summed E-state index contributed by atoms with van der Waals surface area (Å²) < 4.78 is 0. The molecule has 1 aromatic carbocycles. The first-order valence-electron chi connectivity index (χ1n) is 10.3. The van der Waals surface area contributed by atoms with Gasteiger partial charge in [0.05, 0.1) is 5.69 Å². The second-order valence-corrected chi connectivity index (χ2v) is 8.43. The Kier molecular flexibility index (Phi) is 5.22. The van der Waals surface area contributed by atoms with Gasteiger partial charge in [-0.1, -0.05) is 32.0 Å². The van der Waals surface area contributed by atoms with Crippen LogP contribution in [0.5, 0.6) is 0 Å². The van der Waals surface area contributed by atoms with E-state index in [1.54, 1.807) is 0 Å². The van der Waals surface area contributed by atoms with Gasteiger partial charge in [0, 0.05) is 59.5 Å². The summed E-state index contributed by atoms with van der Waals surface area (Å²) in [6.45, 7) is 7.83. The highest BCUT2D eigenvalue weighted by Gasteiger charge is 2.38. The lowest BCUT2D eigenvalue weighted by atomic mass is 9.97. The molecule has 0 radical (unpaired) electrons. The molecule has 150 valence electrons. The fraction of sp³-hybridized carbons (Fsp3) is 0.375. The Morgan fingerprint density at radius 2 is 2.10 bits per heavy atom. The van der Waals surface area contributed by atoms with E-state index in [0.29, 0.717) is 12.0 Å². The molecule has 1 amide bonds. The maximum absolute atomic E-state index is 12.9. The van der Waals surface area contributed by atoms with Crippen LogP contribution >= 0.6 is 0 Å². The van der Waals surface area contributed by atoms with E-state index >= 15 is 0 Å². The molecule has 2 N–H and O–H groups in total. The number of hydrogen-bond donors (Lipinski definition) is 2. The van der Waals surface area contributed by atoms with E-state index in [9.17, 15) is 4.79 Å². The molecule has 0 bridgehead atoms. The Bertz CT molecular complexity index is 988. The van der Waals surface area contributed by atoms with E-state index in [2.05, 4.69) is 31.3 Å². The average Bonchev–Trinajstić information content (AvgIpc) is 3.49. The number of aryl methyl sites for hydroxylation is 1. The lowest BCUT2D eigenvalue weighted by Crippen LogP contribution is -2.25. The van der Waals surface area contributed by atoms with Gasteiger partial charge >= 0.3 is 0 Å². The molecular formula is C24H28N4O. The minimum atomic E-state index is 0.139. The monoisotopic (exact) mass is 388 g/mol. The van der Waals surface area contributed by atoms with Crippen LogP contribution in [0, 0.1) is 18.3 Å². The molecule has 5 heteroatoms. The van der Waals surface area contributed by atoms with Crippen molar-refractivity contribution >= 4 is 17.7 Å². The number of amides is 1. The molecule has 2 aromatic rings. The number of aromatic nitrogens is 1. The summed E-state index contributed by atoms with van der Waals surface area (Å²) in [5.41, 5.74) is 6.21. The fourth-order valence-electron chi connectivity index (χ4n) is 3.76. The van der Waals surface area contributed by atoms with Crippen LogP contribution in [0.15, 0.2) is 36.5 Å². The predicted molar refractivity (Wildman–Crippen MR) is 117 cm³/mol. The molecule has 0 unspecified atom stereocenters. The van der Waals surface area contributed by atoms with Crippen LogP contribution in [0.1, 0.15) is 53.9 Å². The Balaban J connectivity index is 1.71. The number of carbonyl (C=O) groups excluding carboxylic acids is 1. The smallest absolute Gasteiger partial charge is 0.254 e. The van der Waals surface area contributed by atoms with Crippen molar-refractivity contribution in [2.75, 3.05) is 6.54 Å². The highest BCUT2D eigenvalue weighted by molar-refractivity contribution is 6.10. The van der Waals surface area contributed by atoms with Crippen LogP contribution in [0.25, 0.3) is 16.8 Å². The lowest BCUT2D eigenvalue weighted by Gasteiger charge is -2.13. The predicted octanol–water partition coefficient (Wildman–Crippen LogP) is 4.41. The SMILES string of the molecule is Cc1ccc(/C(C=N)=C/NCC(C)C)c(-c2ccc3c(c2)C(=O)N(C2CC2)C3)n1. The number of fused-ring (bicyclic) bond motifs is 1. The Hall–Kier alpha value is -2.95. The zero-order valence-corrected chi connectivity index (χ0v) is 17.3. The molecular weight excluding hydrogens is 360 g/mol. The molecule has 2 heterocycles. The van der Waals surface area contributed by atoms with Crippen LogP contribution in [0.4, 0.5) is 0 Å². The summed E-state index contributed by atoms with van der Waals surface area (Å²) in [5.74, 6) is 0.658. The molecule has 1 aromatic heterocycles. The number of rotatable bonds is 7. The van der Waals surface area contributed by atoms with Crippen molar-refractivity contribution in [3.63, 3.8) is 0 Å². The summed E-state index contributed by atoms with van der Waals surface area (Å²) in [6.07, 6.45) is 5.48. The first-order chi connectivity index (χ1) is 14.0. The summed E-state index contributed by atoms with van der Waals surface area (Å²) in [4.78, 5) is 19.6. The van der Waals surface area contributed by atoms with Gasteiger partial charge in [-0.15, -0.1) is 0 Å². The van der Waals surface area contributed by atoms with Gasteiger partial charge in [0.1, 0.15) is 0 Å². The van der Waals surface area contributed by atoms with Crippen molar-refractivity contribution in [3.05, 3.63) is 58.9 Å². The number of carbonyl (C=O) groups is 1. The van der Waals surface area contributed by atoms with E-state index in [1.807, 2.05) is 36.2 Å². The summed E-state index contributed by atoms with van der Waals surface area (Å²) in [5, 5.41) is 11.2. The van der Waals surface area contributed by atoms with Crippen LogP contribution < -0.4 is 5.32 Å². The molecule has 4 rings (SSSR count).